The first kappa shape index (κ1) is 17.9. The van der Waals surface area contributed by atoms with E-state index < -0.39 is 29.5 Å². The first-order valence-electron chi connectivity index (χ1n) is 8.91. The molecule has 2 heterocycles. The molecular weight excluding hydrogens is 349 g/mol. The number of alkyl halides is 1. The summed E-state index contributed by atoms with van der Waals surface area (Å²) >= 11 is 0. The van der Waals surface area contributed by atoms with Crippen LogP contribution in [0.15, 0.2) is 54.6 Å². The Labute approximate surface area is 157 Å². The van der Waals surface area contributed by atoms with Crippen LogP contribution in [0.4, 0.5) is 10.1 Å². The van der Waals surface area contributed by atoms with Gasteiger partial charge in [-0.25, -0.2) is 4.39 Å². The molecule has 5 nitrogen and oxygen atoms in total. The predicted molar refractivity (Wildman–Crippen MR) is 98.4 cm³/mol. The summed E-state index contributed by atoms with van der Waals surface area (Å²) in [4.78, 5) is 14.5. The lowest BCUT2D eigenvalue weighted by Crippen LogP contribution is -2.74. The van der Waals surface area contributed by atoms with Crippen molar-refractivity contribution in [2.45, 2.75) is 37.4 Å². The highest BCUT2D eigenvalue weighted by molar-refractivity contribution is 6.09. The van der Waals surface area contributed by atoms with Gasteiger partial charge in [-0.15, -0.1) is 0 Å². The lowest BCUT2D eigenvalue weighted by atomic mass is 9.75. The number of halogens is 1. The molecular formula is C21H22FNO4. The van der Waals surface area contributed by atoms with Crippen LogP contribution in [-0.2, 0) is 19.9 Å². The number of hydrogen-bond donors (Lipinski definition) is 0. The van der Waals surface area contributed by atoms with Crippen LogP contribution in [0.25, 0.3) is 0 Å². The third-order valence-corrected chi connectivity index (χ3v) is 5.14. The zero-order valence-corrected chi connectivity index (χ0v) is 15.5. The number of methoxy groups -OCH3 is 1. The van der Waals surface area contributed by atoms with Gasteiger partial charge in [0.2, 0.25) is 5.67 Å². The van der Waals surface area contributed by atoms with Gasteiger partial charge in [0, 0.05) is 11.3 Å². The maximum atomic E-state index is 16.1. The summed E-state index contributed by atoms with van der Waals surface area (Å²) < 4.78 is 32.9. The van der Waals surface area contributed by atoms with Gasteiger partial charge in [-0.2, -0.15) is 0 Å². The monoisotopic (exact) mass is 371 g/mol. The molecule has 0 spiro atoms. The van der Waals surface area contributed by atoms with Crippen LogP contribution in [0, 0.1) is 0 Å². The summed E-state index contributed by atoms with van der Waals surface area (Å²) in [5.41, 5.74) is -1.23. The summed E-state index contributed by atoms with van der Waals surface area (Å²) in [6.07, 6.45) is -0.579. The molecule has 2 aliphatic rings. The standard InChI is InChI=1S/C21H22FNO4/c1-20(2)26-13-17(27-20)18-21(22,14-7-5-4-6-8-14)19(24)23(18)15-9-11-16(25-3)12-10-15/h4-12,17-18H,13H2,1-3H3/t17-,18+,21-/m1/s1. The van der Waals surface area contributed by atoms with Crippen LogP contribution < -0.4 is 9.64 Å². The first-order chi connectivity index (χ1) is 12.9. The van der Waals surface area contributed by atoms with E-state index in [1.54, 1.807) is 75.6 Å². The Hall–Kier alpha value is -2.44. The lowest BCUT2D eigenvalue weighted by molar-refractivity contribution is -0.165. The molecule has 4 rings (SSSR count). The van der Waals surface area contributed by atoms with Gasteiger partial charge in [-0.3, -0.25) is 9.69 Å². The van der Waals surface area contributed by atoms with Crippen molar-refractivity contribution in [1.82, 2.24) is 0 Å². The van der Waals surface area contributed by atoms with E-state index in [1.807, 2.05) is 0 Å². The highest BCUT2D eigenvalue weighted by Gasteiger charge is 2.67. The third kappa shape index (κ3) is 2.80. The van der Waals surface area contributed by atoms with Crippen LogP contribution >= 0.6 is 0 Å². The number of rotatable bonds is 4. The molecule has 2 aliphatic heterocycles. The average Bonchev–Trinajstić information content (AvgIpc) is 3.04. The number of carbonyl (C=O) groups excluding carboxylic acids is 1. The highest BCUT2D eigenvalue weighted by atomic mass is 19.1. The smallest absolute Gasteiger partial charge is 0.272 e. The molecule has 0 bridgehead atoms. The molecule has 1 amide bonds. The van der Waals surface area contributed by atoms with Crippen LogP contribution in [0.5, 0.6) is 5.75 Å². The fourth-order valence-corrected chi connectivity index (χ4v) is 3.83. The van der Waals surface area contributed by atoms with Gasteiger partial charge in [0.25, 0.3) is 5.91 Å². The maximum Gasteiger partial charge on any atom is 0.272 e. The fourth-order valence-electron chi connectivity index (χ4n) is 3.83. The molecule has 3 atom stereocenters. The van der Waals surface area contributed by atoms with Gasteiger partial charge < -0.3 is 14.2 Å². The number of amides is 1. The molecule has 6 heteroatoms. The minimum atomic E-state index is -2.16. The molecule has 142 valence electrons. The second-order valence-electron chi connectivity index (χ2n) is 7.26. The number of benzene rings is 2. The number of anilines is 1. The summed E-state index contributed by atoms with van der Waals surface area (Å²) in [7, 11) is 1.57. The van der Waals surface area contributed by atoms with Crippen molar-refractivity contribution in [3.05, 3.63) is 60.2 Å². The molecule has 0 saturated carbocycles. The van der Waals surface area contributed by atoms with Crippen LogP contribution in [-0.4, -0.2) is 37.6 Å². The Morgan fingerprint density at radius 1 is 1.11 bits per heavy atom. The number of nitrogens with zero attached hydrogens (tertiary/aromatic N) is 1. The number of hydrogen-bond acceptors (Lipinski definition) is 4. The number of β-lactam (4-membered cyclic amide) rings is 1. The third-order valence-electron chi connectivity index (χ3n) is 5.14. The summed E-state index contributed by atoms with van der Waals surface area (Å²) in [5, 5.41) is 0. The second-order valence-corrected chi connectivity index (χ2v) is 7.26. The van der Waals surface area contributed by atoms with Crippen molar-refractivity contribution in [2.75, 3.05) is 18.6 Å². The zero-order chi connectivity index (χ0) is 19.2. The van der Waals surface area contributed by atoms with Gasteiger partial charge in [0.15, 0.2) is 5.79 Å². The van der Waals surface area contributed by atoms with Crippen molar-refractivity contribution in [2.24, 2.45) is 0 Å². The van der Waals surface area contributed by atoms with Crippen molar-refractivity contribution in [3.63, 3.8) is 0 Å². The molecule has 0 N–H and O–H groups in total. The second kappa shape index (κ2) is 6.32. The Bertz CT molecular complexity index is 839. The van der Waals surface area contributed by atoms with E-state index in [2.05, 4.69) is 0 Å². The highest BCUT2D eigenvalue weighted by Crippen LogP contribution is 2.49. The lowest BCUT2D eigenvalue weighted by Gasteiger charge is -2.53. The molecule has 0 aliphatic carbocycles. The molecule has 27 heavy (non-hydrogen) atoms. The van der Waals surface area contributed by atoms with Gasteiger partial charge in [-0.1, -0.05) is 30.3 Å². The van der Waals surface area contributed by atoms with E-state index in [9.17, 15) is 4.79 Å². The SMILES string of the molecule is COc1ccc(N2C(=O)[C@@](F)(c3ccccc3)[C@@H]2[C@H]2COC(C)(C)O2)cc1. The number of carbonyl (C=O) groups is 1. The Kier molecular flexibility index (Phi) is 4.20. The zero-order valence-electron chi connectivity index (χ0n) is 15.5. The van der Waals surface area contributed by atoms with Crippen LogP contribution in [0.2, 0.25) is 0 Å². The maximum absolute atomic E-state index is 16.1. The molecule has 0 unspecified atom stereocenters. The Balaban J connectivity index is 1.74. The Morgan fingerprint density at radius 2 is 1.78 bits per heavy atom. The molecule has 2 saturated heterocycles. The van der Waals surface area contributed by atoms with E-state index in [0.29, 0.717) is 17.0 Å². The minimum Gasteiger partial charge on any atom is -0.497 e. The van der Waals surface area contributed by atoms with Gasteiger partial charge in [0.1, 0.15) is 17.9 Å². The summed E-state index contributed by atoms with van der Waals surface area (Å²) in [6, 6.07) is 14.7. The Morgan fingerprint density at radius 3 is 2.33 bits per heavy atom. The van der Waals surface area contributed by atoms with Crippen molar-refractivity contribution >= 4 is 11.6 Å². The van der Waals surface area contributed by atoms with E-state index in [1.165, 1.54) is 4.90 Å². The van der Waals surface area contributed by atoms with Gasteiger partial charge in [-0.05, 0) is 38.1 Å². The van der Waals surface area contributed by atoms with Gasteiger partial charge >= 0.3 is 0 Å². The molecule has 0 aromatic heterocycles. The molecule has 2 fully saturated rings. The van der Waals surface area contributed by atoms with E-state index >= 15 is 4.39 Å². The molecule has 0 radical (unpaired) electrons. The molecule has 2 aromatic rings. The summed E-state index contributed by atoms with van der Waals surface area (Å²) in [6.45, 7) is 3.79. The first-order valence-corrected chi connectivity index (χ1v) is 8.91. The van der Waals surface area contributed by atoms with E-state index in [-0.39, 0.29) is 6.61 Å². The molecule has 2 aromatic carbocycles. The topological polar surface area (TPSA) is 48.0 Å². The van der Waals surface area contributed by atoms with Crippen molar-refractivity contribution < 1.29 is 23.4 Å². The average molecular weight is 371 g/mol. The van der Waals surface area contributed by atoms with Crippen LogP contribution in [0.3, 0.4) is 0 Å². The van der Waals surface area contributed by atoms with E-state index in [0.717, 1.165) is 0 Å². The van der Waals surface area contributed by atoms with Crippen molar-refractivity contribution in [1.29, 1.82) is 0 Å². The quantitative estimate of drug-likeness (QED) is 0.773. The largest absolute Gasteiger partial charge is 0.497 e. The summed E-state index contributed by atoms with van der Waals surface area (Å²) in [5.74, 6) is -0.747. The normalized spacial score (nSPS) is 29.5. The van der Waals surface area contributed by atoms with Crippen molar-refractivity contribution in [3.8, 4) is 5.75 Å². The van der Waals surface area contributed by atoms with E-state index in [4.69, 9.17) is 14.2 Å². The fraction of sp³-hybridized carbons (Fsp3) is 0.381. The predicted octanol–water partition coefficient (Wildman–Crippen LogP) is 3.43. The minimum absolute atomic E-state index is 0.218. The number of ether oxygens (including phenoxy) is 3. The van der Waals surface area contributed by atoms with Crippen LogP contribution in [0.1, 0.15) is 19.4 Å². The van der Waals surface area contributed by atoms with Gasteiger partial charge in [0.05, 0.1) is 13.7 Å².